The number of anilines is 2. The summed E-state index contributed by atoms with van der Waals surface area (Å²) in [7, 11) is 4.09. The highest BCUT2D eigenvalue weighted by atomic mass is 32.1. The van der Waals surface area contributed by atoms with Gasteiger partial charge in [-0.1, -0.05) is 20.8 Å². The molecule has 1 aromatic carbocycles. The summed E-state index contributed by atoms with van der Waals surface area (Å²) in [5, 5.41) is 6.75. The third kappa shape index (κ3) is 3.73. The standard InChI is InChI=1S/C16H23N3S/c1-16(2,3)15-18-13(11-20-15)10-17-12-6-8-14(9-7-12)19(4)5/h6-9,11,17H,10H2,1-5H3. The van der Waals surface area contributed by atoms with Crippen molar-refractivity contribution in [2.24, 2.45) is 0 Å². The molecule has 20 heavy (non-hydrogen) atoms. The van der Waals surface area contributed by atoms with Crippen molar-refractivity contribution in [2.45, 2.75) is 32.7 Å². The van der Waals surface area contributed by atoms with Crippen LogP contribution in [0.25, 0.3) is 0 Å². The predicted octanol–water partition coefficient (Wildman–Crippen LogP) is 4.12. The molecule has 1 aromatic heterocycles. The summed E-state index contributed by atoms with van der Waals surface area (Å²) in [5.41, 5.74) is 3.58. The second kappa shape index (κ2) is 5.83. The van der Waals surface area contributed by atoms with Crippen LogP contribution in [0.3, 0.4) is 0 Å². The second-order valence-electron chi connectivity index (χ2n) is 6.19. The normalized spacial score (nSPS) is 11.4. The lowest BCUT2D eigenvalue weighted by molar-refractivity contribution is 0.583. The number of hydrogen-bond acceptors (Lipinski definition) is 4. The monoisotopic (exact) mass is 289 g/mol. The first-order chi connectivity index (χ1) is 9.36. The van der Waals surface area contributed by atoms with E-state index >= 15 is 0 Å². The van der Waals surface area contributed by atoms with Gasteiger partial charge in [0.1, 0.15) is 0 Å². The fraction of sp³-hybridized carbons (Fsp3) is 0.438. The molecule has 4 heteroatoms. The van der Waals surface area contributed by atoms with E-state index in [4.69, 9.17) is 4.98 Å². The van der Waals surface area contributed by atoms with E-state index < -0.39 is 0 Å². The third-order valence-electron chi connectivity index (χ3n) is 3.05. The number of benzene rings is 1. The lowest BCUT2D eigenvalue weighted by Crippen LogP contribution is -2.11. The van der Waals surface area contributed by atoms with Crippen molar-refractivity contribution < 1.29 is 0 Å². The average molecular weight is 289 g/mol. The van der Waals surface area contributed by atoms with Gasteiger partial charge < -0.3 is 10.2 Å². The van der Waals surface area contributed by atoms with Crippen LogP contribution in [0.2, 0.25) is 0 Å². The Hall–Kier alpha value is -1.55. The Balaban J connectivity index is 1.96. The smallest absolute Gasteiger partial charge is 0.0982 e. The maximum atomic E-state index is 4.69. The van der Waals surface area contributed by atoms with Gasteiger partial charge in [-0.3, -0.25) is 0 Å². The quantitative estimate of drug-likeness (QED) is 0.917. The number of nitrogens with one attached hydrogen (secondary N) is 1. The molecule has 0 bridgehead atoms. The molecule has 108 valence electrons. The molecule has 0 aliphatic rings. The van der Waals surface area contributed by atoms with Gasteiger partial charge in [-0.15, -0.1) is 11.3 Å². The van der Waals surface area contributed by atoms with Crippen LogP contribution in [0.1, 0.15) is 31.5 Å². The summed E-state index contributed by atoms with van der Waals surface area (Å²) < 4.78 is 0. The first kappa shape index (κ1) is 14.9. The van der Waals surface area contributed by atoms with Gasteiger partial charge in [-0.25, -0.2) is 4.98 Å². The summed E-state index contributed by atoms with van der Waals surface area (Å²) >= 11 is 1.74. The molecule has 0 unspecified atom stereocenters. The van der Waals surface area contributed by atoms with Crippen molar-refractivity contribution in [1.29, 1.82) is 0 Å². The van der Waals surface area contributed by atoms with Gasteiger partial charge in [0.2, 0.25) is 0 Å². The van der Waals surface area contributed by atoms with Gasteiger partial charge in [-0.05, 0) is 24.3 Å². The summed E-state index contributed by atoms with van der Waals surface area (Å²) in [4.78, 5) is 6.79. The molecule has 0 atom stereocenters. The molecule has 0 aliphatic heterocycles. The number of thiazole rings is 1. The van der Waals surface area contributed by atoms with E-state index in [2.05, 4.69) is 60.6 Å². The van der Waals surface area contributed by atoms with Crippen molar-refractivity contribution in [2.75, 3.05) is 24.3 Å². The summed E-state index contributed by atoms with van der Waals surface area (Å²) in [6, 6.07) is 8.44. The molecular formula is C16H23N3S. The number of aromatic nitrogens is 1. The highest BCUT2D eigenvalue weighted by Gasteiger charge is 2.17. The average Bonchev–Trinajstić information content (AvgIpc) is 2.85. The lowest BCUT2D eigenvalue weighted by atomic mass is 9.98. The van der Waals surface area contributed by atoms with Crippen LogP contribution in [-0.4, -0.2) is 19.1 Å². The van der Waals surface area contributed by atoms with Gasteiger partial charge in [0.05, 0.1) is 17.2 Å². The lowest BCUT2D eigenvalue weighted by Gasteiger charge is -2.14. The zero-order valence-electron chi connectivity index (χ0n) is 12.9. The topological polar surface area (TPSA) is 28.2 Å². The van der Waals surface area contributed by atoms with Crippen molar-refractivity contribution in [3.05, 3.63) is 40.3 Å². The molecular weight excluding hydrogens is 266 g/mol. The predicted molar refractivity (Wildman–Crippen MR) is 88.9 cm³/mol. The summed E-state index contributed by atoms with van der Waals surface area (Å²) in [5.74, 6) is 0. The van der Waals surface area contributed by atoms with Crippen LogP contribution in [0, 0.1) is 0 Å². The minimum Gasteiger partial charge on any atom is -0.379 e. The second-order valence-corrected chi connectivity index (χ2v) is 7.05. The van der Waals surface area contributed by atoms with E-state index in [1.807, 2.05) is 14.1 Å². The van der Waals surface area contributed by atoms with Crippen LogP contribution in [0.4, 0.5) is 11.4 Å². The van der Waals surface area contributed by atoms with Crippen LogP contribution in [0.15, 0.2) is 29.6 Å². The maximum absolute atomic E-state index is 4.69. The van der Waals surface area contributed by atoms with Gasteiger partial charge in [-0.2, -0.15) is 0 Å². The van der Waals surface area contributed by atoms with Gasteiger partial charge in [0, 0.05) is 36.3 Å². The van der Waals surface area contributed by atoms with Gasteiger partial charge in [0.15, 0.2) is 0 Å². The first-order valence-corrected chi connectivity index (χ1v) is 7.70. The van der Waals surface area contributed by atoms with Gasteiger partial charge in [0.25, 0.3) is 0 Å². The molecule has 0 saturated carbocycles. The highest BCUT2D eigenvalue weighted by molar-refractivity contribution is 7.09. The van der Waals surface area contributed by atoms with Crippen molar-refractivity contribution in [1.82, 2.24) is 4.98 Å². The van der Waals surface area contributed by atoms with E-state index in [-0.39, 0.29) is 5.41 Å². The Morgan fingerprint density at radius 3 is 2.30 bits per heavy atom. The number of rotatable bonds is 4. The van der Waals surface area contributed by atoms with Crippen LogP contribution in [0.5, 0.6) is 0 Å². The van der Waals surface area contributed by atoms with Crippen LogP contribution in [-0.2, 0) is 12.0 Å². The Labute approximate surface area is 125 Å². The molecule has 0 saturated heterocycles. The van der Waals surface area contributed by atoms with Crippen molar-refractivity contribution in [3.8, 4) is 0 Å². The SMILES string of the molecule is CN(C)c1ccc(NCc2csc(C(C)(C)C)n2)cc1. The largest absolute Gasteiger partial charge is 0.379 e. The minimum absolute atomic E-state index is 0.135. The van der Waals surface area contributed by atoms with Gasteiger partial charge >= 0.3 is 0 Å². The van der Waals surface area contributed by atoms with Crippen LogP contribution < -0.4 is 10.2 Å². The summed E-state index contributed by atoms with van der Waals surface area (Å²) in [6.45, 7) is 7.36. The minimum atomic E-state index is 0.135. The van der Waals surface area contributed by atoms with E-state index in [0.29, 0.717) is 0 Å². The third-order valence-corrected chi connectivity index (χ3v) is 4.37. The molecule has 2 aromatic rings. The molecule has 2 rings (SSSR count). The molecule has 0 amide bonds. The van der Waals surface area contributed by atoms with Crippen LogP contribution >= 0.6 is 11.3 Å². The highest BCUT2D eigenvalue weighted by Crippen LogP contribution is 2.26. The number of hydrogen-bond donors (Lipinski definition) is 1. The zero-order chi connectivity index (χ0) is 14.8. The molecule has 0 radical (unpaired) electrons. The maximum Gasteiger partial charge on any atom is 0.0982 e. The Morgan fingerprint density at radius 1 is 1.15 bits per heavy atom. The number of nitrogens with zero attached hydrogens (tertiary/aromatic N) is 2. The Morgan fingerprint density at radius 2 is 1.80 bits per heavy atom. The fourth-order valence-electron chi connectivity index (χ4n) is 1.80. The van der Waals surface area contributed by atoms with E-state index in [1.165, 1.54) is 10.7 Å². The van der Waals surface area contributed by atoms with E-state index in [0.717, 1.165) is 17.9 Å². The van der Waals surface area contributed by atoms with Crippen molar-refractivity contribution >= 4 is 22.7 Å². The first-order valence-electron chi connectivity index (χ1n) is 6.82. The Kier molecular flexibility index (Phi) is 4.33. The van der Waals surface area contributed by atoms with E-state index in [1.54, 1.807) is 11.3 Å². The molecule has 3 nitrogen and oxygen atoms in total. The molecule has 0 fully saturated rings. The molecule has 1 heterocycles. The Bertz CT molecular complexity index is 550. The van der Waals surface area contributed by atoms with Crippen molar-refractivity contribution in [3.63, 3.8) is 0 Å². The zero-order valence-corrected chi connectivity index (χ0v) is 13.7. The fourth-order valence-corrected chi connectivity index (χ4v) is 2.71. The van der Waals surface area contributed by atoms with E-state index in [9.17, 15) is 0 Å². The molecule has 0 spiro atoms. The molecule has 1 N–H and O–H groups in total. The molecule has 0 aliphatic carbocycles. The summed E-state index contributed by atoms with van der Waals surface area (Å²) in [6.07, 6.45) is 0.